The molecule has 3 atom stereocenters. The van der Waals surface area contributed by atoms with Crippen molar-refractivity contribution in [3.63, 3.8) is 0 Å². The molecule has 2 fully saturated rings. The number of amides is 3. The van der Waals surface area contributed by atoms with Gasteiger partial charge in [0.05, 0.1) is 28.6 Å². The Bertz CT molecular complexity index is 1600. The first-order chi connectivity index (χ1) is 18.5. The zero-order chi connectivity index (χ0) is 27.6. The molecule has 0 aliphatic carbocycles. The number of H-pyrrole nitrogens is 2. The van der Waals surface area contributed by atoms with Gasteiger partial charge < -0.3 is 25.1 Å². The number of halogens is 2. The van der Waals surface area contributed by atoms with E-state index in [1.807, 2.05) is 45.0 Å². The molecule has 2 bridgehead atoms. The van der Waals surface area contributed by atoms with Gasteiger partial charge in [0.15, 0.2) is 5.82 Å². The van der Waals surface area contributed by atoms with Crippen LogP contribution in [0.5, 0.6) is 0 Å². The van der Waals surface area contributed by atoms with E-state index in [0.29, 0.717) is 25.0 Å². The molecule has 2 aliphatic heterocycles. The van der Waals surface area contributed by atoms with Gasteiger partial charge in [-0.2, -0.15) is 0 Å². The first-order valence-electron chi connectivity index (χ1n) is 12.8. The number of nitrogens with zero attached hydrogens (tertiary/aromatic N) is 3. The van der Waals surface area contributed by atoms with Crippen molar-refractivity contribution in [2.45, 2.75) is 45.3 Å². The van der Waals surface area contributed by atoms with Crippen molar-refractivity contribution in [3.8, 4) is 0 Å². The molecule has 4 heterocycles. The first-order valence-corrected chi connectivity index (χ1v) is 12.8. The minimum absolute atomic E-state index is 0.0297. The SMILES string of the molecule is CC(C)(C)[C@H](NC(=O)c1cc2c(F)cc(F)cc2[nH]1)C(=O)N1C[C@@H]2C[C@H]1CN2C(=O)c1nc2ccccc2[nH]1. The third kappa shape index (κ3) is 4.31. The molecule has 4 aromatic rings. The van der Waals surface area contributed by atoms with E-state index in [1.54, 1.807) is 9.80 Å². The molecule has 202 valence electrons. The van der Waals surface area contributed by atoms with Crippen LogP contribution in [-0.2, 0) is 4.79 Å². The number of likely N-dealkylation sites (tertiary alicyclic amines) is 2. The average molecular weight is 535 g/mol. The summed E-state index contributed by atoms with van der Waals surface area (Å²) in [6.07, 6.45) is 0.648. The number of benzene rings is 2. The van der Waals surface area contributed by atoms with Crippen LogP contribution in [0.3, 0.4) is 0 Å². The van der Waals surface area contributed by atoms with E-state index in [2.05, 4.69) is 20.3 Å². The monoisotopic (exact) mass is 534 g/mol. The maximum Gasteiger partial charge on any atom is 0.290 e. The Morgan fingerprint density at radius 2 is 1.72 bits per heavy atom. The Labute approximate surface area is 222 Å². The molecule has 0 unspecified atom stereocenters. The second-order valence-corrected chi connectivity index (χ2v) is 11.4. The van der Waals surface area contributed by atoms with Crippen LogP contribution in [0.15, 0.2) is 42.5 Å². The van der Waals surface area contributed by atoms with Crippen molar-refractivity contribution >= 4 is 39.7 Å². The summed E-state index contributed by atoms with van der Waals surface area (Å²) in [4.78, 5) is 53.8. The van der Waals surface area contributed by atoms with Crippen LogP contribution in [0.1, 0.15) is 48.3 Å². The molecular formula is C28H28F2N6O3. The van der Waals surface area contributed by atoms with Gasteiger partial charge in [0.25, 0.3) is 11.8 Å². The van der Waals surface area contributed by atoms with Gasteiger partial charge in [0.2, 0.25) is 5.91 Å². The summed E-state index contributed by atoms with van der Waals surface area (Å²) in [6.45, 7) is 6.28. The normalized spacial score (nSPS) is 19.7. The van der Waals surface area contributed by atoms with Gasteiger partial charge in [0.1, 0.15) is 23.4 Å². The molecular weight excluding hydrogens is 506 g/mol. The predicted molar refractivity (Wildman–Crippen MR) is 140 cm³/mol. The number of rotatable bonds is 4. The first kappa shape index (κ1) is 25.0. The van der Waals surface area contributed by atoms with Gasteiger partial charge in [0, 0.05) is 24.5 Å². The van der Waals surface area contributed by atoms with Crippen LogP contribution in [0.2, 0.25) is 0 Å². The van der Waals surface area contributed by atoms with Crippen molar-refractivity contribution in [1.29, 1.82) is 0 Å². The summed E-state index contributed by atoms with van der Waals surface area (Å²) in [7, 11) is 0. The third-order valence-corrected chi connectivity index (χ3v) is 7.66. The van der Waals surface area contributed by atoms with E-state index in [4.69, 9.17) is 0 Å². The Balaban J connectivity index is 1.17. The number of carbonyl (C=O) groups is 3. The maximum absolute atomic E-state index is 14.2. The van der Waals surface area contributed by atoms with Gasteiger partial charge in [-0.15, -0.1) is 0 Å². The third-order valence-electron chi connectivity index (χ3n) is 7.66. The standard InChI is InChI=1S/C28H28F2N6O3/c1-28(2,3)23(34-25(37)22-11-17-18(30)8-14(29)9-21(17)31-22)26(38)35-12-16-10-15(35)13-36(16)27(39)24-32-19-6-4-5-7-20(19)33-24/h4-9,11,15-16,23,31H,10,12-13H2,1-3H3,(H,32,33)(H,34,37)/t15-,16-,23+/m0/s1. The van der Waals surface area contributed by atoms with Crippen molar-refractivity contribution in [3.05, 3.63) is 65.6 Å². The van der Waals surface area contributed by atoms with Crippen molar-refractivity contribution in [2.75, 3.05) is 13.1 Å². The number of piperazine rings is 1. The molecule has 2 aromatic carbocycles. The fourth-order valence-electron chi connectivity index (χ4n) is 5.68. The van der Waals surface area contributed by atoms with Crippen LogP contribution in [-0.4, -0.2) is 73.7 Å². The summed E-state index contributed by atoms with van der Waals surface area (Å²) in [6, 6.07) is 9.40. The van der Waals surface area contributed by atoms with Crippen molar-refractivity contribution in [2.24, 2.45) is 5.41 Å². The van der Waals surface area contributed by atoms with Gasteiger partial charge >= 0.3 is 0 Å². The molecule has 0 radical (unpaired) electrons. The fourth-order valence-corrected chi connectivity index (χ4v) is 5.68. The number of fused-ring (bicyclic) bond motifs is 4. The topological polar surface area (TPSA) is 114 Å². The highest BCUT2D eigenvalue weighted by Gasteiger charge is 2.50. The van der Waals surface area contributed by atoms with E-state index in [1.165, 1.54) is 6.07 Å². The number of aromatic nitrogens is 3. The van der Waals surface area contributed by atoms with Crippen LogP contribution in [0, 0.1) is 17.0 Å². The number of imidazole rings is 1. The Kier molecular flexibility index (Phi) is 5.70. The zero-order valence-electron chi connectivity index (χ0n) is 21.7. The van der Waals surface area contributed by atoms with Crippen LogP contribution < -0.4 is 5.32 Å². The number of aromatic amines is 2. The Morgan fingerprint density at radius 3 is 2.41 bits per heavy atom. The Morgan fingerprint density at radius 1 is 1.00 bits per heavy atom. The molecule has 0 saturated carbocycles. The van der Waals surface area contributed by atoms with E-state index in [9.17, 15) is 23.2 Å². The van der Waals surface area contributed by atoms with Crippen LogP contribution in [0.25, 0.3) is 21.9 Å². The molecule has 0 spiro atoms. The van der Waals surface area contributed by atoms with Gasteiger partial charge in [-0.25, -0.2) is 13.8 Å². The van der Waals surface area contributed by atoms with Gasteiger partial charge in [-0.3, -0.25) is 14.4 Å². The minimum atomic E-state index is -0.878. The fraction of sp³-hybridized carbons (Fsp3) is 0.357. The lowest BCUT2D eigenvalue weighted by atomic mass is 9.85. The van der Waals surface area contributed by atoms with E-state index < -0.39 is 29.0 Å². The molecule has 2 aromatic heterocycles. The summed E-state index contributed by atoms with van der Waals surface area (Å²) in [5.74, 6) is -2.30. The van der Waals surface area contributed by atoms with Gasteiger partial charge in [-0.05, 0) is 36.1 Å². The molecule has 6 rings (SSSR count). The van der Waals surface area contributed by atoms with Crippen LogP contribution in [0.4, 0.5) is 8.78 Å². The van der Waals surface area contributed by atoms with E-state index in [0.717, 1.165) is 17.6 Å². The number of hydrogen-bond donors (Lipinski definition) is 3. The lowest BCUT2D eigenvalue weighted by molar-refractivity contribution is -0.138. The van der Waals surface area contributed by atoms with Gasteiger partial charge in [-0.1, -0.05) is 32.9 Å². The lowest BCUT2D eigenvalue weighted by Crippen LogP contribution is -2.59. The van der Waals surface area contributed by atoms with E-state index in [-0.39, 0.29) is 46.3 Å². The zero-order valence-corrected chi connectivity index (χ0v) is 21.7. The second-order valence-electron chi connectivity index (χ2n) is 11.4. The summed E-state index contributed by atoms with van der Waals surface area (Å²) < 4.78 is 27.8. The quantitative estimate of drug-likeness (QED) is 0.371. The number of para-hydroxylation sites is 2. The smallest absolute Gasteiger partial charge is 0.290 e. The van der Waals surface area contributed by atoms with Crippen molar-refractivity contribution < 1.29 is 23.2 Å². The second kappa shape index (κ2) is 8.89. The molecule has 9 nitrogen and oxygen atoms in total. The van der Waals surface area contributed by atoms with E-state index >= 15 is 0 Å². The summed E-state index contributed by atoms with van der Waals surface area (Å²) >= 11 is 0. The molecule has 3 N–H and O–H groups in total. The highest BCUT2D eigenvalue weighted by Crippen LogP contribution is 2.34. The Hall–Kier alpha value is -4.28. The minimum Gasteiger partial charge on any atom is -0.350 e. The number of carbonyl (C=O) groups excluding carboxylic acids is 3. The molecule has 2 saturated heterocycles. The summed E-state index contributed by atoms with van der Waals surface area (Å²) in [5.41, 5.74) is 1.05. The maximum atomic E-state index is 14.2. The largest absolute Gasteiger partial charge is 0.350 e. The molecule has 11 heteroatoms. The van der Waals surface area contributed by atoms with Crippen LogP contribution >= 0.6 is 0 Å². The lowest BCUT2D eigenvalue weighted by Gasteiger charge is -2.39. The highest BCUT2D eigenvalue weighted by atomic mass is 19.1. The van der Waals surface area contributed by atoms with Crippen molar-refractivity contribution in [1.82, 2.24) is 30.1 Å². The molecule has 2 aliphatic rings. The predicted octanol–water partition coefficient (Wildman–Crippen LogP) is 3.59. The average Bonchev–Trinajstić information content (AvgIpc) is 3.67. The molecule has 3 amide bonds. The number of hydrogen-bond acceptors (Lipinski definition) is 4. The highest BCUT2D eigenvalue weighted by molar-refractivity contribution is 6.01. The number of nitrogens with one attached hydrogen (secondary N) is 3. The molecule has 39 heavy (non-hydrogen) atoms. The summed E-state index contributed by atoms with van der Waals surface area (Å²) in [5, 5.41) is 2.90.